The minimum Gasteiger partial charge on any atom is -0.372 e. The van der Waals surface area contributed by atoms with Crippen LogP contribution >= 0.6 is 0 Å². The number of nitrogens with one attached hydrogen (secondary N) is 1. The van der Waals surface area contributed by atoms with Crippen LogP contribution in [-0.4, -0.2) is 39.3 Å². The molecule has 2 aromatic rings. The van der Waals surface area contributed by atoms with Crippen LogP contribution in [0, 0.1) is 5.92 Å². The molecule has 3 rings (SSSR count). The highest BCUT2D eigenvalue weighted by atomic mass is 16.5. The summed E-state index contributed by atoms with van der Waals surface area (Å²) in [4.78, 5) is 0. The second kappa shape index (κ2) is 6.19. The van der Waals surface area contributed by atoms with Crippen LogP contribution in [0.2, 0.25) is 0 Å². The van der Waals surface area contributed by atoms with E-state index in [1.807, 2.05) is 47.1 Å². The topological polar surface area (TPSA) is 56.9 Å². The van der Waals surface area contributed by atoms with Crippen molar-refractivity contribution in [3.8, 4) is 0 Å². The first-order valence-corrected chi connectivity index (χ1v) is 7.12. The quantitative estimate of drug-likeness (QED) is 0.799. The molecule has 0 amide bonds. The van der Waals surface area contributed by atoms with Crippen LogP contribution in [0.25, 0.3) is 0 Å². The minimum absolute atomic E-state index is 0.166. The SMILES string of the molecule is Cn1nccc1[C@@H]1OCC[C@H]1CNCCn1cccn1. The molecule has 1 saturated heterocycles. The van der Waals surface area contributed by atoms with Gasteiger partial charge in [0.25, 0.3) is 0 Å². The lowest BCUT2D eigenvalue weighted by molar-refractivity contribution is 0.0838. The summed E-state index contributed by atoms with van der Waals surface area (Å²) in [7, 11) is 1.97. The first-order valence-electron chi connectivity index (χ1n) is 7.12. The van der Waals surface area contributed by atoms with Gasteiger partial charge < -0.3 is 10.1 Å². The Bertz CT molecular complexity index is 521. The van der Waals surface area contributed by atoms with Crippen molar-refractivity contribution < 1.29 is 4.74 Å². The van der Waals surface area contributed by atoms with E-state index in [0.29, 0.717) is 5.92 Å². The zero-order valence-corrected chi connectivity index (χ0v) is 11.8. The number of ether oxygens (including phenoxy) is 1. The third-order valence-electron chi connectivity index (χ3n) is 3.85. The monoisotopic (exact) mass is 275 g/mol. The van der Waals surface area contributed by atoms with E-state index in [0.717, 1.165) is 32.7 Å². The Morgan fingerprint density at radius 2 is 2.35 bits per heavy atom. The van der Waals surface area contributed by atoms with E-state index in [1.165, 1.54) is 5.69 Å². The molecule has 1 aliphatic heterocycles. The highest BCUT2D eigenvalue weighted by Gasteiger charge is 2.31. The Morgan fingerprint density at radius 3 is 3.10 bits per heavy atom. The van der Waals surface area contributed by atoms with Gasteiger partial charge in [0.15, 0.2) is 0 Å². The normalized spacial score (nSPS) is 22.4. The second-order valence-corrected chi connectivity index (χ2v) is 5.19. The molecule has 2 atom stereocenters. The first kappa shape index (κ1) is 13.3. The number of nitrogens with zero attached hydrogens (tertiary/aromatic N) is 4. The number of hydrogen-bond donors (Lipinski definition) is 1. The molecule has 3 heterocycles. The Hall–Kier alpha value is -1.66. The van der Waals surface area contributed by atoms with Crippen LogP contribution in [-0.2, 0) is 18.3 Å². The smallest absolute Gasteiger partial charge is 0.103 e. The van der Waals surface area contributed by atoms with Crippen LogP contribution in [0.4, 0.5) is 0 Å². The summed E-state index contributed by atoms with van der Waals surface area (Å²) >= 11 is 0. The maximum Gasteiger partial charge on any atom is 0.103 e. The van der Waals surface area contributed by atoms with Gasteiger partial charge in [-0.05, 0) is 18.6 Å². The molecule has 0 radical (unpaired) electrons. The highest BCUT2D eigenvalue weighted by molar-refractivity contribution is 5.07. The van der Waals surface area contributed by atoms with E-state index >= 15 is 0 Å². The average molecular weight is 275 g/mol. The zero-order chi connectivity index (χ0) is 13.8. The Morgan fingerprint density at radius 1 is 1.40 bits per heavy atom. The van der Waals surface area contributed by atoms with Crippen molar-refractivity contribution >= 4 is 0 Å². The molecular formula is C14H21N5O. The van der Waals surface area contributed by atoms with Crippen LogP contribution in [0.3, 0.4) is 0 Å². The van der Waals surface area contributed by atoms with Gasteiger partial charge in [0.05, 0.1) is 12.2 Å². The molecule has 1 N–H and O–H groups in total. The molecule has 6 heteroatoms. The second-order valence-electron chi connectivity index (χ2n) is 5.19. The Balaban J connectivity index is 1.48. The summed E-state index contributed by atoms with van der Waals surface area (Å²) in [6.45, 7) is 3.63. The average Bonchev–Trinajstić information content (AvgIpc) is 3.16. The van der Waals surface area contributed by atoms with Crippen molar-refractivity contribution in [2.45, 2.75) is 19.1 Å². The van der Waals surface area contributed by atoms with E-state index in [1.54, 1.807) is 0 Å². The molecule has 0 spiro atoms. The molecule has 108 valence electrons. The molecule has 1 aliphatic rings. The molecule has 0 unspecified atom stereocenters. The molecule has 0 aromatic carbocycles. The van der Waals surface area contributed by atoms with Gasteiger partial charge >= 0.3 is 0 Å². The number of aryl methyl sites for hydroxylation is 1. The standard InChI is InChI=1S/C14H21N5O/c1-18-13(3-6-16-18)14-12(4-10-20-14)11-15-7-9-19-8-2-5-17-19/h2-3,5-6,8,12,14-15H,4,7,9-11H2,1H3/t12-,14+/m0/s1. The minimum atomic E-state index is 0.166. The predicted molar refractivity (Wildman–Crippen MR) is 75.1 cm³/mol. The Kier molecular flexibility index (Phi) is 4.13. The zero-order valence-electron chi connectivity index (χ0n) is 11.8. The van der Waals surface area contributed by atoms with Crippen LogP contribution in [0.15, 0.2) is 30.7 Å². The lowest BCUT2D eigenvalue weighted by Crippen LogP contribution is -2.28. The fraction of sp³-hybridized carbons (Fsp3) is 0.571. The molecule has 0 saturated carbocycles. The summed E-state index contributed by atoms with van der Waals surface area (Å²) in [6.07, 6.45) is 6.89. The van der Waals surface area contributed by atoms with E-state index in [4.69, 9.17) is 4.74 Å². The van der Waals surface area contributed by atoms with Gasteiger partial charge in [-0.2, -0.15) is 10.2 Å². The van der Waals surface area contributed by atoms with E-state index < -0.39 is 0 Å². The summed E-state index contributed by atoms with van der Waals surface area (Å²) < 4.78 is 9.73. The van der Waals surface area contributed by atoms with Crippen LogP contribution in [0.1, 0.15) is 18.2 Å². The summed E-state index contributed by atoms with van der Waals surface area (Å²) in [5.41, 5.74) is 1.17. The van der Waals surface area contributed by atoms with Crippen molar-refractivity contribution in [1.82, 2.24) is 24.9 Å². The molecule has 1 fully saturated rings. The van der Waals surface area contributed by atoms with Crippen molar-refractivity contribution in [2.24, 2.45) is 13.0 Å². The summed E-state index contributed by atoms with van der Waals surface area (Å²) in [5.74, 6) is 0.517. The van der Waals surface area contributed by atoms with Crippen molar-refractivity contribution in [3.05, 3.63) is 36.4 Å². The molecule has 20 heavy (non-hydrogen) atoms. The highest BCUT2D eigenvalue weighted by Crippen LogP contribution is 2.33. The third kappa shape index (κ3) is 2.91. The molecule has 0 aliphatic carbocycles. The fourth-order valence-electron chi connectivity index (χ4n) is 2.75. The van der Waals surface area contributed by atoms with E-state index in [2.05, 4.69) is 15.5 Å². The van der Waals surface area contributed by atoms with Gasteiger partial charge in [-0.15, -0.1) is 0 Å². The van der Waals surface area contributed by atoms with Gasteiger partial charge in [0.1, 0.15) is 6.10 Å². The lowest BCUT2D eigenvalue weighted by atomic mass is 9.99. The van der Waals surface area contributed by atoms with Gasteiger partial charge in [0.2, 0.25) is 0 Å². The van der Waals surface area contributed by atoms with Crippen molar-refractivity contribution in [1.29, 1.82) is 0 Å². The van der Waals surface area contributed by atoms with Crippen LogP contribution in [0.5, 0.6) is 0 Å². The largest absolute Gasteiger partial charge is 0.372 e. The van der Waals surface area contributed by atoms with Crippen molar-refractivity contribution in [3.63, 3.8) is 0 Å². The fourth-order valence-corrected chi connectivity index (χ4v) is 2.75. The van der Waals surface area contributed by atoms with E-state index in [-0.39, 0.29) is 6.10 Å². The lowest BCUT2D eigenvalue weighted by Gasteiger charge is -2.19. The maximum absolute atomic E-state index is 5.88. The van der Waals surface area contributed by atoms with Gasteiger partial charge in [-0.1, -0.05) is 0 Å². The van der Waals surface area contributed by atoms with Crippen molar-refractivity contribution in [2.75, 3.05) is 19.7 Å². The number of aromatic nitrogens is 4. The number of hydrogen-bond acceptors (Lipinski definition) is 4. The molecule has 2 aromatic heterocycles. The van der Waals surface area contributed by atoms with Gasteiger partial charge in [-0.3, -0.25) is 9.36 Å². The third-order valence-corrected chi connectivity index (χ3v) is 3.85. The van der Waals surface area contributed by atoms with Gasteiger partial charge in [0, 0.05) is 51.3 Å². The molecule has 0 bridgehead atoms. The summed E-state index contributed by atoms with van der Waals surface area (Å²) in [5, 5.41) is 11.9. The van der Waals surface area contributed by atoms with E-state index in [9.17, 15) is 0 Å². The maximum atomic E-state index is 5.88. The number of rotatable bonds is 6. The van der Waals surface area contributed by atoms with Crippen LogP contribution < -0.4 is 5.32 Å². The molecular weight excluding hydrogens is 254 g/mol. The molecule has 6 nitrogen and oxygen atoms in total. The van der Waals surface area contributed by atoms with Gasteiger partial charge in [-0.25, -0.2) is 0 Å². The predicted octanol–water partition coefficient (Wildman–Crippen LogP) is 0.984. The first-order chi connectivity index (χ1) is 9.84. The summed E-state index contributed by atoms with van der Waals surface area (Å²) in [6, 6.07) is 4.00. The Labute approximate surface area is 118 Å².